The van der Waals surface area contributed by atoms with Crippen LogP contribution in [0.1, 0.15) is 32.3 Å². The molecule has 2 unspecified atom stereocenters. The highest BCUT2D eigenvalue weighted by Gasteiger charge is 2.22. The van der Waals surface area contributed by atoms with E-state index in [2.05, 4.69) is 12.3 Å². The normalized spacial score (nSPS) is 14.4. The van der Waals surface area contributed by atoms with Gasteiger partial charge in [0.25, 0.3) is 0 Å². The highest BCUT2D eigenvalue weighted by Crippen LogP contribution is 2.22. The highest BCUT2D eigenvalue weighted by molar-refractivity contribution is 6.31. The van der Waals surface area contributed by atoms with Crippen LogP contribution in [0.5, 0.6) is 0 Å². The van der Waals surface area contributed by atoms with Crippen LogP contribution < -0.4 is 11.3 Å². The van der Waals surface area contributed by atoms with Crippen molar-refractivity contribution < 1.29 is 9.13 Å². The Balaban J connectivity index is 2.85. The van der Waals surface area contributed by atoms with Gasteiger partial charge >= 0.3 is 0 Å². The molecule has 0 aliphatic rings. The molecule has 2 atom stereocenters. The van der Waals surface area contributed by atoms with Crippen LogP contribution in [-0.4, -0.2) is 18.8 Å². The Morgan fingerprint density at radius 3 is 2.68 bits per heavy atom. The summed E-state index contributed by atoms with van der Waals surface area (Å²) in [4.78, 5) is 0. The van der Waals surface area contributed by atoms with Crippen LogP contribution in [0.2, 0.25) is 5.02 Å². The molecule has 1 aromatic carbocycles. The molecule has 3 nitrogen and oxygen atoms in total. The first-order valence-corrected chi connectivity index (χ1v) is 7.02. The Labute approximate surface area is 119 Å². The number of hydrogen-bond acceptors (Lipinski definition) is 3. The van der Waals surface area contributed by atoms with Crippen molar-refractivity contribution >= 4 is 11.6 Å². The van der Waals surface area contributed by atoms with E-state index in [4.69, 9.17) is 22.2 Å². The third-order valence-corrected chi connectivity index (χ3v) is 3.46. The van der Waals surface area contributed by atoms with Crippen LogP contribution in [0, 0.1) is 5.82 Å². The standard InChI is InChI=1S/C14H22ClFN2O/c1-3-6-14(19-4-2)13(18-17)9-10-11(15)7-5-8-12(10)16/h5,7-8,13-14,18H,3-4,6,9,17H2,1-2H3. The van der Waals surface area contributed by atoms with Gasteiger partial charge in [0.2, 0.25) is 0 Å². The van der Waals surface area contributed by atoms with Crippen molar-refractivity contribution in [2.24, 2.45) is 5.84 Å². The van der Waals surface area contributed by atoms with Crippen molar-refractivity contribution in [2.75, 3.05) is 6.61 Å². The van der Waals surface area contributed by atoms with E-state index in [1.165, 1.54) is 6.07 Å². The first-order chi connectivity index (χ1) is 9.13. The molecule has 108 valence electrons. The molecule has 0 fully saturated rings. The number of ether oxygens (including phenoxy) is 1. The molecular formula is C14H22ClFN2O. The maximum Gasteiger partial charge on any atom is 0.127 e. The average molecular weight is 289 g/mol. The van der Waals surface area contributed by atoms with Gasteiger partial charge in [-0.3, -0.25) is 11.3 Å². The van der Waals surface area contributed by atoms with Gasteiger partial charge in [-0.15, -0.1) is 0 Å². The summed E-state index contributed by atoms with van der Waals surface area (Å²) in [5.74, 6) is 5.28. The smallest absolute Gasteiger partial charge is 0.127 e. The molecule has 0 spiro atoms. The summed E-state index contributed by atoms with van der Waals surface area (Å²) in [6.07, 6.45) is 2.21. The maximum absolute atomic E-state index is 13.8. The van der Waals surface area contributed by atoms with E-state index in [-0.39, 0.29) is 18.0 Å². The lowest BCUT2D eigenvalue weighted by Crippen LogP contribution is -2.46. The Morgan fingerprint density at radius 1 is 1.42 bits per heavy atom. The fraction of sp³-hybridized carbons (Fsp3) is 0.571. The number of hydrazine groups is 1. The summed E-state index contributed by atoms with van der Waals surface area (Å²) in [6, 6.07) is 4.53. The summed E-state index contributed by atoms with van der Waals surface area (Å²) < 4.78 is 19.5. The summed E-state index contributed by atoms with van der Waals surface area (Å²) in [7, 11) is 0. The molecule has 0 bridgehead atoms. The van der Waals surface area contributed by atoms with E-state index >= 15 is 0 Å². The van der Waals surface area contributed by atoms with Crippen LogP contribution in [0.4, 0.5) is 4.39 Å². The molecule has 3 N–H and O–H groups in total. The van der Waals surface area contributed by atoms with Crippen LogP contribution in [0.3, 0.4) is 0 Å². The molecule has 0 saturated carbocycles. The molecule has 0 heterocycles. The predicted octanol–water partition coefficient (Wildman–Crippen LogP) is 3.06. The number of nitrogens with two attached hydrogens (primary N) is 1. The molecule has 0 aromatic heterocycles. The van der Waals surface area contributed by atoms with E-state index in [1.807, 2.05) is 6.92 Å². The lowest BCUT2D eigenvalue weighted by Gasteiger charge is -2.26. The van der Waals surface area contributed by atoms with Crippen molar-refractivity contribution in [3.8, 4) is 0 Å². The van der Waals surface area contributed by atoms with Crippen LogP contribution >= 0.6 is 11.6 Å². The zero-order valence-corrected chi connectivity index (χ0v) is 12.2. The molecular weight excluding hydrogens is 267 g/mol. The van der Waals surface area contributed by atoms with Crippen molar-refractivity contribution in [1.82, 2.24) is 5.43 Å². The third kappa shape index (κ3) is 4.73. The van der Waals surface area contributed by atoms with E-state index in [0.717, 1.165) is 12.8 Å². The number of nitrogens with one attached hydrogen (secondary N) is 1. The van der Waals surface area contributed by atoms with Gasteiger partial charge in [0, 0.05) is 17.2 Å². The van der Waals surface area contributed by atoms with Crippen molar-refractivity contribution in [3.63, 3.8) is 0 Å². The predicted molar refractivity (Wildman–Crippen MR) is 76.5 cm³/mol. The monoisotopic (exact) mass is 288 g/mol. The van der Waals surface area contributed by atoms with E-state index in [1.54, 1.807) is 12.1 Å². The van der Waals surface area contributed by atoms with Gasteiger partial charge in [-0.1, -0.05) is 31.0 Å². The Morgan fingerprint density at radius 2 is 2.16 bits per heavy atom. The minimum Gasteiger partial charge on any atom is -0.377 e. The summed E-state index contributed by atoms with van der Waals surface area (Å²) >= 11 is 6.04. The van der Waals surface area contributed by atoms with Gasteiger partial charge in [-0.05, 0) is 31.9 Å². The SMILES string of the molecule is CCCC(OCC)C(Cc1c(F)cccc1Cl)NN. The van der Waals surface area contributed by atoms with Gasteiger partial charge in [0.1, 0.15) is 5.82 Å². The lowest BCUT2D eigenvalue weighted by atomic mass is 9.98. The van der Waals surface area contributed by atoms with Crippen LogP contribution in [0.15, 0.2) is 18.2 Å². The molecule has 0 radical (unpaired) electrons. The minimum atomic E-state index is -0.306. The fourth-order valence-electron chi connectivity index (χ4n) is 2.14. The molecule has 1 rings (SSSR count). The van der Waals surface area contributed by atoms with E-state index in [9.17, 15) is 4.39 Å². The zero-order valence-electron chi connectivity index (χ0n) is 11.5. The molecule has 19 heavy (non-hydrogen) atoms. The second-order valence-corrected chi connectivity index (χ2v) is 4.87. The summed E-state index contributed by atoms with van der Waals surface area (Å²) in [5.41, 5.74) is 3.20. The number of hydrogen-bond donors (Lipinski definition) is 2. The Hall–Kier alpha value is -0.680. The topological polar surface area (TPSA) is 47.3 Å². The van der Waals surface area contributed by atoms with Crippen LogP contribution in [-0.2, 0) is 11.2 Å². The summed E-state index contributed by atoms with van der Waals surface area (Å²) in [5, 5.41) is 0.423. The second kappa shape index (κ2) is 8.48. The van der Waals surface area contributed by atoms with Crippen molar-refractivity contribution in [2.45, 2.75) is 45.3 Å². The lowest BCUT2D eigenvalue weighted by molar-refractivity contribution is 0.0280. The molecule has 1 aromatic rings. The minimum absolute atomic E-state index is 0.0457. The van der Waals surface area contributed by atoms with Gasteiger partial charge in [-0.25, -0.2) is 4.39 Å². The third-order valence-electron chi connectivity index (χ3n) is 3.10. The zero-order chi connectivity index (χ0) is 14.3. The van der Waals surface area contributed by atoms with E-state index < -0.39 is 0 Å². The molecule has 0 aliphatic heterocycles. The van der Waals surface area contributed by atoms with Crippen molar-refractivity contribution in [1.29, 1.82) is 0 Å². The first kappa shape index (κ1) is 16.4. The van der Waals surface area contributed by atoms with Crippen molar-refractivity contribution in [3.05, 3.63) is 34.6 Å². The number of halogens is 2. The summed E-state index contributed by atoms with van der Waals surface area (Å²) in [6.45, 7) is 4.62. The highest BCUT2D eigenvalue weighted by atomic mass is 35.5. The van der Waals surface area contributed by atoms with Gasteiger partial charge in [0.15, 0.2) is 0 Å². The fourth-order valence-corrected chi connectivity index (χ4v) is 2.38. The van der Waals surface area contributed by atoms with E-state index in [0.29, 0.717) is 23.6 Å². The second-order valence-electron chi connectivity index (χ2n) is 4.46. The van der Waals surface area contributed by atoms with Crippen LogP contribution in [0.25, 0.3) is 0 Å². The molecule has 5 heteroatoms. The first-order valence-electron chi connectivity index (χ1n) is 6.64. The number of benzene rings is 1. The average Bonchev–Trinajstić information content (AvgIpc) is 2.38. The molecule has 0 saturated heterocycles. The van der Waals surface area contributed by atoms with Gasteiger partial charge in [0.05, 0.1) is 12.1 Å². The maximum atomic E-state index is 13.8. The molecule has 0 aliphatic carbocycles. The van der Waals surface area contributed by atoms with Gasteiger partial charge in [-0.2, -0.15) is 0 Å². The number of rotatable bonds is 8. The quantitative estimate of drug-likeness (QED) is 0.571. The Bertz CT molecular complexity index is 363. The molecule has 0 amide bonds. The Kier molecular flexibility index (Phi) is 7.31. The van der Waals surface area contributed by atoms with Gasteiger partial charge < -0.3 is 4.74 Å². The largest absolute Gasteiger partial charge is 0.377 e.